The standard InChI is InChI=1S/C20H17F3N2O3S/c1-12-8-13(2)10-15(9-12)18-19(16-7-5-4-6-14(16)3)25-17(11-24-18)28-29(26,27)20(21,22)23/h4-11H,1-3H3. The zero-order chi connectivity index (χ0) is 21.4. The maximum atomic E-state index is 12.7. The molecule has 0 aliphatic heterocycles. The topological polar surface area (TPSA) is 69.2 Å². The third kappa shape index (κ3) is 4.40. The first kappa shape index (κ1) is 20.8. The van der Waals surface area contributed by atoms with Crippen LogP contribution in [0.2, 0.25) is 0 Å². The lowest BCUT2D eigenvalue weighted by Gasteiger charge is -2.14. The van der Waals surface area contributed by atoms with Gasteiger partial charge in [0.1, 0.15) is 5.69 Å². The number of hydrogen-bond acceptors (Lipinski definition) is 5. The van der Waals surface area contributed by atoms with E-state index in [0.717, 1.165) is 22.9 Å². The predicted octanol–water partition coefficient (Wildman–Crippen LogP) is 4.96. The molecular formula is C20H17F3N2O3S. The number of alkyl halides is 3. The normalized spacial score (nSPS) is 12.1. The Morgan fingerprint density at radius 3 is 2.14 bits per heavy atom. The summed E-state index contributed by atoms with van der Waals surface area (Å²) in [7, 11) is -5.85. The molecular weight excluding hydrogens is 405 g/mol. The van der Waals surface area contributed by atoms with E-state index >= 15 is 0 Å². The Hall–Kier alpha value is -2.94. The van der Waals surface area contributed by atoms with Crippen LogP contribution in [0.1, 0.15) is 16.7 Å². The molecule has 1 heterocycles. The van der Waals surface area contributed by atoms with Gasteiger partial charge in [-0.1, -0.05) is 41.5 Å². The summed E-state index contributed by atoms with van der Waals surface area (Å²) in [6.07, 6.45) is 0.873. The van der Waals surface area contributed by atoms with Gasteiger partial charge in [0.25, 0.3) is 5.88 Å². The molecule has 0 unspecified atom stereocenters. The lowest BCUT2D eigenvalue weighted by atomic mass is 9.98. The summed E-state index contributed by atoms with van der Waals surface area (Å²) in [6.45, 7) is 5.62. The molecule has 5 nitrogen and oxygen atoms in total. The highest BCUT2D eigenvalue weighted by molar-refractivity contribution is 7.87. The summed E-state index contributed by atoms with van der Waals surface area (Å²) < 4.78 is 64.9. The maximum Gasteiger partial charge on any atom is 0.534 e. The van der Waals surface area contributed by atoms with Crippen molar-refractivity contribution in [1.29, 1.82) is 0 Å². The summed E-state index contributed by atoms with van der Waals surface area (Å²) >= 11 is 0. The molecule has 0 fully saturated rings. The van der Waals surface area contributed by atoms with E-state index in [1.807, 2.05) is 45.0 Å². The molecule has 0 amide bonds. The molecule has 0 N–H and O–H groups in total. The molecule has 29 heavy (non-hydrogen) atoms. The van der Waals surface area contributed by atoms with Gasteiger partial charge < -0.3 is 4.18 Å². The molecule has 0 aliphatic rings. The van der Waals surface area contributed by atoms with Crippen LogP contribution in [0, 0.1) is 20.8 Å². The Labute approximate surface area is 166 Å². The second-order valence-corrected chi connectivity index (χ2v) is 8.12. The lowest BCUT2D eigenvalue weighted by molar-refractivity contribution is -0.0501. The van der Waals surface area contributed by atoms with Crippen molar-refractivity contribution in [2.45, 2.75) is 26.3 Å². The first-order valence-electron chi connectivity index (χ1n) is 8.50. The van der Waals surface area contributed by atoms with Crippen molar-refractivity contribution in [3.8, 4) is 28.4 Å². The Bertz CT molecular complexity index is 1160. The summed E-state index contributed by atoms with van der Waals surface area (Å²) in [4.78, 5) is 8.27. The van der Waals surface area contributed by atoms with Crippen molar-refractivity contribution < 1.29 is 25.8 Å². The third-order valence-corrected chi connectivity index (χ3v) is 5.08. The smallest absolute Gasteiger partial charge is 0.354 e. The van der Waals surface area contributed by atoms with E-state index < -0.39 is 21.5 Å². The zero-order valence-electron chi connectivity index (χ0n) is 15.8. The Morgan fingerprint density at radius 2 is 1.55 bits per heavy atom. The fraction of sp³-hybridized carbons (Fsp3) is 0.200. The minimum atomic E-state index is -5.85. The largest absolute Gasteiger partial charge is 0.534 e. The van der Waals surface area contributed by atoms with E-state index in [9.17, 15) is 21.6 Å². The van der Waals surface area contributed by atoms with Gasteiger partial charge in [-0.2, -0.15) is 21.6 Å². The maximum absolute atomic E-state index is 12.7. The highest BCUT2D eigenvalue weighted by Crippen LogP contribution is 2.34. The molecule has 3 aromatic rings. The van der Waals surface area contributed by atoms with Crippen LogP contribution in [0.15, 0.2) is 48.7 Å². The van der Waals surface area contributed by atoms with Gasteiger partial charge in [0, 0.05) is 11.1 Å². The van der Waals surface area contributed by atoms with Crippen molar-refractivity contribution in [1.82, 2.24) is 9.97 Å². The van der Waals surface area contributed by atoms with Crippen molar-refractivity contribution in [2.75, 3.05) is 0 Å². The number of rotatable bonds is 4. The highest BCUT2D eigenvalue weighted by atomic mass is 32.2. The number of benzene rings is 2. The minimum absolute atomic E-state index is 0.225. The number of aryl methyl sites for hydroxylation is 3. The Morgan fingerprint density at radius 1 is 0.931 bits per heavy atom. The van der Waals surface area contributed by atoms with E-state index in [1.54, 1.807) is 18.2 Å². The molecule has 0 bridgehead atoms. The summed E-state index contributed by atoms with van der Waals surface area (Å²) in [5.41, 5.74) is -0.893. The van der Waals surface area contributed by atoms with Crippen LogP contribution in [0.3, 0.4) is 0 Å². The van der Waals surface area contributed by atoms with Crippen LogP contribution in [-0.4, -0.2) is 23.9 Å². The molecule has 3 rings (SSSR count). The zero-order valence-corrected chi connectivity index (χ0v) is 16.6. The van der Waals surface area contributed by atoms with Gasteiger partial charge in [0.2, 0.25) is 0 Å². The van der Waals surface area contributed by atoms with Gasteiger partial charge in [-0.05, 0) is 38.5 Å². The summed E-state index contributed by atoms with van der Waals surface area (Å²) in [5, 5.41) is 0. The molecule has 0 aliphatic carbocycles. The van der Waals surface area contributed by atoms with E-state index in [4.69, 9.17) is 0 Å². The number of nitrogens with zero attached hydrogens (tertiary/aromatic N) is 2. The van der Waals surface area contributed by atoms with Crippen LogP contribution in [0.4, 0.5) is 13.2 Å². The second-order valence-electron chi connectivity index (χ2n) is 6.58. The van der Waals surface area contributed by atoms with Gasteiger partial charge in [-0.25, -0.2) is 9.97 Å². The van der Waals surface area contributed by atoms with E-state index in [1.165, 1.54) is 0 Å². The number of aromatic nitrogens is 2. The van der Waals surface area contributed by atoms with Crippen molar-refractivity contribution in [2.24, 2.45) is 0 Å². The average molecular weight is 422 g/mol. The first-order valence-corrected chi connectivity index (χ1v) is 9.91. The minimum Gasteiger partial charge on any atom is -0.354 e. The number of hydrogen-bond donors (Lipinski definition) is 0. The van der Waals surface area contributed by atoms with Crippen LogP contribution in [0.5, 0.6) is 5.88 Å². The van der Waals surface area contributed by atoms with Crippen molar-refractivity contribution in [3.63, 3.8) is 0 Å². The van der Waals surface area contributed by atoms with Crippen LogP contribution >= 0.6 is 0 Å². The van der Waals surface area contributed by atoms with Gasteiger partial charge in [-0.3, -0.25) is 0 Å². The van der Waals surface area contributed by atoms with Gasteiger partial charge in [0.05, 0.1) is 11.9 Å². The predicted molar refractivity (Wildman–Crippen MR) is 103 cm³/mol. The monoisotopic (exact) mass is 422 g/mol. The van der Waals surface area contributed by atoms with Crippen molar-refractivity contribution in [3.05, 3.63) is 65.4 Å². The Kier molecular flexibility index (Phi) is 5.36. The molecule has 9 heteroatoms. The van der Waals surface area contributed by atoms with Gasteiger partial charge in [0.15, 0.2) is 0 Å². The molecule has 0 atom stereocenters. The fourth-order valence-corrected chi connectivity index (χ4v) is 3.32. The number of halogens is 3. The first-order chi connectivity index (χ1) is 13.5. The fourth-order valence-electron chi connectivity index (χ4n) is 2.92. The Balaban J connectivity index is 2.21. The third-order valence-electron chi connectivity index (χ3n) is 4.12. The summed E-state index contributed by atoms with van der Waals surface area (Å²) in [5.74, 6) is -0.756. The average Bonchev–Trinajstić information content (AvgIpc) is 2.60. The quantitative estimate of drug-likeness (QED) is 0.439. The molecule has 0 saturated carbocycles. The molecule has 152 valence electrons. The SMILES string of the molecule is Cc1cc(C)cc(-c2ncc(OS(=O)(=O)C(F)(F)F)nc2-c2ccccc2C)c1. The van der Waals surface area contributed by atoms with E-state index in [2.05, 4.69) is 14.2 Å². The lowest BCUT2D eigenvalue weighted by Crippen LogP contribution is -2.28. The molecule has 2 aromatic carbocycles. The van der Waals surface area contributed by atoms with Crippen LogP contribution in [0.25, 0.3) is 22.5 Å². The molecule has 0 spiro atoms. The highest BCUT2D eigenvalue weighted by Gasteiger charge is 2.49. The summed E-state index contributed by atoms with van der Waals surface area (Å²) in [6, 6.07) is 12.8. The van der Waals surface area contributed by atoms with Gasteiger partial charge >= 0.3 is 15.6 Å². The molecule has 1 aromatic heterocycles. The van der Waals surface area contributed by atoms with E-state index in [0.29, 0.717) is 16.8 Å². The van der Waals surface area contributed by atoms with Crippen LogP contribution < -0.4 is 4.18 Å². The van der Waals surface area contributed by atoms with Crippen LogP contribution in [-0.2, 0) is 10.1 Å². The second kappa shape index (κ2) is 7.47. The molecule has 0 radical (unpaired) electrons. The van der Waals surface area contributed by atoms with E-state index in [-0.39, 0.29) is 5.69 Å². The van der Waals surface area contributed by atoms with Gasteiger partial charge in [-0.15, -0.1) is 0 Å². The van der Waals surface area contributed by atoms with Crippen molar-refractivity contribution >= 4 is 10.1 Å². The molecule has 0 saturated heterocycles.